The van der Waals surface area contributed by atoms with Crippen molar-refractivity contribution in [1.29, 1.82) is 0 Å². The number of rotatable bonds is 8. The highest BCUT2D eigenvalue weighted by Gasteiger charge is 2.13. The van der Waals surface area contributed by atoms with Gasteiger partial charge in [0.15, 0.2) is 0 Å². The zero-order valence-corrected chi connectivity index (χ0v) is 17.3. The molecule has 0 unspecified atom stereocenters. The van der Waals surface area contributed by atoms with Crippen molar-refractivity contribution in [2.24, 2.45) is 0 Å². The van der Waals surface area contributed by atoms with Crippen LogP contribution in [0.3, 0.4) is 0 Å². The van der Waals surface area contributed by atoms with E-state index in [2.05, 4.69) is 22.8 Å². The third-order valence-electron chi connectivity index (χ3n) is 4.90. The fourth-order valence-corrected chi connectivity index (χ4v) is 3.98. The van der Waals surface area contributed by atoms with Crippen LogP contribution in [-0.2, 0) is 22.4 Å². The average molecular weight is 398 g/mol. The van der Waals surface area contributed by atoms with E-state index in [1.165, 1.54) is 17.5 Å². The number of amides is 2. The van der Waals surface area contributed by atoms with Gasteiger partial charge in [-0.3, -0.25) is 14.5 Å². The van der Waals surface area contributed by atoms with Gasteiger partial charge in [0.1, 0.15) is 0 Å². The first-order valence-corrected chi connectivity index (χ1v) is 10.8. The third kappa shape index (κ3) is 5.59. The van der Waals surface area contributed by atoms with Gasteiger partial charge in [0.05, 0.1) is 12.2 Å². The molecule has 0 heterocycles. The number of para-hydroxylation sites is 1. The van der Waals surface area contributed by atoms with Gasteiger partial charge < -0.3 is 10.6 Å². The number of likely N-dealkylation sites (N-methyl/N-ethyl adjacent to an activating group) is 1. The Morgan fingerprint density at radius 2 is 1.82 bits per heavy atom. The lowest BCUT2D eigenvalue weighted by Gasteiger charge is -2.17. The SMILES string of the molecule is CSc1ccccc1NC(=O)CN(C)CCC(=O)Nc1ccc2c(c1)CCC2. The summed E-state index contributed by atoms with van der Waals surface area (Å²) in [6.45, 7) is 0.767. The summed E-state index contributed by atoms with van der Waals surface area (Å²) in [6.07, 6.45) is 5.76. The number of benzene rings is 2. The molecule has 0 spiro atoms. The summed E-state index contributed by atoms with van der Waals surface area (Å²) in [7, 11) is 1.85. The van der Waals surface area contributed by atoms with Gasteiger partial charge in [0, 0.05) is 23.5 Å². The molecule has 28 heavy (non-hydrogen) atoms. The van der Waals surface area contributed by atoms with Crippen molar-refractivity contribution in [3.8, 4) is 0 Å². The van der Waals surface area contributed by atoms with Crippen LogP contribution in [0.2, 0.25) is 0 Å². The Hall–Kier alpha value is -2.31. The van der Waals surface area contributed by atoms with E-state index in [0.29, 0.717) is 13.0 Å². The molecule has 0 aromatic heterocycles. The number of hydrogen-bond acceptors (Lipinski definition) is 4. The number of carbonyl (C=O) groups is 2. The minimum Gasteiger partial charge on any atom is -0.326 e. The summed E-state index contributed by atoms with van der Waals surface area (Å²) >= 11 is 1.60. The molecular weight excluding hydrogens is 370 g/mol. The number of hydrogen-bond donors (Lipinski definition) is 2. The second-order valence-electron chi connectivity index (χ2n) is 7.12. The summed E-state index contributed by atoms with van der Waals surface area (Å²) in [6, 6.07) is 13.9. The van der Waals surface area contributed by atoms with Gasteiger partial charge >= 0.3 is 0 Å². The average Bonchev–Trinajstić information content (AvgIpc) is 3.14. The van der Waals surface area contributed by atoms with Crippen molar-refractivity contribution in [1.82, 2.24) is 4.90 Å². The van der Waals surface area contributed by atoms with Crippen molar-refractivity contribution < 1.29 is 9.59 Å². The minimum absolute atomic E-state index is 0.0297. The molecule has 0 aliphatic heterocycles. The molecule has 5 nitrogen and oxygen atoms in total. The van der Waals surface area contributed by atoms with E-state index in [1.54, 1.807) is 11.8 Å². The first kappa shape index (κ1) is 20.4. The molecule has 0 atom stereocenters. The Kier molecular flexibility index (Phi) is 7.12. The van der Waals surface area contributed by atoms with E-state index < -0.39 is 0 Å². The number of fused-ring (bicyclic) bond motifs is 1. The van der Waals surface area contributed by atoms with Crippen LogP contribution < -0.4 is 10.6 Å². The summed E-state index contributed by atoms with van der Waals surface area (Å²) in [5.41, 5.74) is 4.42. The summed E-state index contributed by atoms with van der Waals surface area (Å²) in [5.74, 6) is -0.110. The van der Waals surface area contributed by atoms with Crippen LogP contribution in [0.4, 0.5) is 11.4 Å². The summed E-state index contributed by atoms with van der Waals surface area (Å²) in [5, 5.41) is 5.91. The summed E-state index contributed by atoms with van der Waals surface area (Å²) in [4.78, 5) is 27.4. The Morgan fingerprint density at radius 1 is 1.04 bits per heavy atom. The molecule has 2 amide bonds. The van der Waals surface area contributed by atoms with Crippen LogP contribution >= 0.6 is 11.8 Å². The number of nitrogens with zero attached hydrogens (tertiary/aromatic N) is 1. The van der Waals surface area contributed by atoms with E-state index >= 15 is 0 Å². The molecule has 0 radical (unpaired) electrons. The van der Waals surface area contributed by atoms with E-state index in [1.807, 2.05) is 48.5 Å². The normalized spacial score (nSPS) is 12.7. The lowest BCUT2D eigenvalue weighted by Crippen LogP contribution is -2.32. The Labute approximate surface area is 170 Å². The topological polar surface area (TPSA) is 61.4 Å². The fraction of sp³-hybridized carbons (Fsp3) is 0.364. The highest BCUT2D eigenvalue weighted by atomic mass is 32.2. The zero-order valence-electron chi connectivity index (χ0n) is 16.5. The number of anilines is 2. The van der Waals surface area contributed by atoms with Gasteiger partial charge in [0.25, 0.3) is 0 Å². The second kappa shape index (κ2) is 9.75. The maximum absolute atomic E-state index is 12.3. The number of nitrogens with one attached hydrogen (secondary N) is 2. The van der Waals surface area contributed by atoms with E-state index in [0.717, 1.165) is 29.1 Å². The fourth-order valence-electron chi connectivity index (χ4n) is 3.43. The van der Waals surface area contributed by atoms with Crippen molar-refractivity contribution >= 4 is 35.0 Å². The Morgan fingerprint density at radius 3 is 2.64 bits per heavy atom. The lowest BCUT2D eigenvalue weighted by molar-refractivity contribution is -0.119. The third-order valence-corrected chi connectivity index (χ3v) is 5.69. The van der Waals surface area contributed by atoms with Gasteiger partial charge in [0.2, 0.25) is 11.8 Å². The van der Waals surface area contributed by atoms with Crippen molar-refractivity contribution in [2.45, 2.75) is 30.6 Å². The van der Waals surface area contributed by atoms with Crippen molar-refractivity contribution in [3.63, 3.8) is 0 Å². The molecule has 2 N–H and O–H groups in total. The van der Waals surface area contributed by atoms with Crippen molar-refractivity contribution in [2.75, 3.05) is 37.0 Å². The molecule has 0 bridgehead atoms. The van der Waals surface area contributed by atoms with Crippen LogP contribution in [-0.4, -0.2) is 43.1 Å². The van der Waals surface area contributed by atoms with Gasteiger partial charge in [-0.15, -0.1) is 11.8 Å². The molecule has 1 aliphatic rings. The highest BCUT2D eigenvalue weighted by Crippen LogP contribution is 2.25. The number of aryl methyl sites for hydroxylation is 2. The van der Waals surface area contributed by atoms with Crippen LogP contribution in [0, 0.1) is 0 Å². The molecule has 2 aromatic carbocycles. The Bertz CT molecular complexity index is 853. The van der Waals surface area contributed by atoms with Crippen LogP contribution in [0.25, 0.3) is 0 Å². The van der Waals surface area contributed by atoms with Crippen LogP contribution in [0.5, 0.6) is 0 Å². The van der Waals surface area contributed by atoms with Gasteiger partial charge in [-0.05, 0) is 68.0 Å². The first-order valence-electron chi connectivity index (χ1n) is 9.58. The maximum Gasteiger partial charge on any atom is 0.238 e. The highest BCUT2D eigenvalue weighted by molar-refractivity contribution is 7.98. The largest absolute Gasteiger partial charge is 0.326 e. The molecule has 0 fully saturated rings. The van der Waals surface area contributed by atoms with Crippen LogP contribution in [0.15, 0.2) is 47.4 Å². The monoisotopic (exact) mass is 397 g/mol. The minimum atomic E-state index is -0.0805. The van der Waals surface area contributed by atoms with Gasteiger partial charge in [-0.1, -0.05) is 18.2 Å². The van der Waals surface area contributed by atoms with E-state index in [4.69, 9.17) is 0 Å². The quantitative estimate of drug-likeness (QED) is 0.665. The maximum atomic E-state index is 12.3. The number of carbonyl (C=O) groups excluding carboxylic acids is 2. The molecule has 2 aromatic rings. The number of thioether (sulfide) groups is 1. The molecule has 6 heteroatoms. The van der Waals surface area contributed by atoms with Crippen LogP contribution in [0.1, 0.15) is 24.0 Å². The molecule has 0 saturated carbocycles. The predicted octanol–water partition coefficient (Wildman–Crippen LogP) is 3.80. The standard InChI is InChI=1S/C22H27N3O2S/c1-25(15-22(27)24-19-8-3-4-9-20(19)28-2)13-12-21(26)23-18-11-10-16-6-5-7-17(16)14-18/h3-4,8-11,14H,5-7,12-13,15H2,1-2H3,(H,23,26)(H,24,27). The molecule has 1 aliphatic carbocycles. The second-order valence-corrected chi connectivity index (χ2v) is 7.97. The molecule has 3 rings (SSSR count). The van der Waals surface area contributed by atoms with Gasteiger partial charge in [-0.2, -0.15) is 0 Å². The zero-order chi connectivity index (χ0) is 19.9. The predicted molar refractivity (Wildman–Crippen MR) is 116 cm³/mol. The van der Waals surface area contributed by atoms with E-state index in [-0.39, 0.29) is 18.4 Å². The lowest BCUT2D eigenvalue weighted by atomic mass is 10.1. The molecule has 148 valence electrons. The van der Waals surface area contributed by atoms with Crippen molar-refractivity contribution in [3.05, 3.63) is 53.6 Å². The molecule has 0 saturated heterocycles. The van der Waals surface area contributed by atoms with Gasteiger partial charge in [-0.25, -0.2) is 0 Å². The first-order chi connectivity index (χ1) is 13.5. The smallest absolute Gasteiger partial charge is 0.238 e. The Balaban J connectivity index is 1.42. The summed E-state index contributed by atoms with van der Waals surface area (Å²) < 4.78 is 0. The van der Waals surface area contributed by atoms with E-state index in [9.17, 15) is 9.59 Å². The molecular formula is C22H27N3O2S.